The molecule has 2 aromatic heterocycles. The van der Waals surface area contributed by atoms with Gasteiger partial charge in [0.15, 0.2) is 0 Å². The molecule has 118 valence electrons. The van der Waals surface area contributed by atoms with Crippen molar-refractivity contribution in [1.82, 2.24) is 15.3 Å². The fourth-order valence-corrected chi connectivity index (χ4v) is 3.20. The number of nitrogens with one attached hydrogen (secondary N) is 1. The average molecular weight is 369 g/mol. The summed E-state index contributed by atoms with van der Waals surface area (Å²) in [4.78, 5) is 20.7. The smallest absolute Gasteiger partial charge is 0.271 e. The Bertz CT molecular complexity index is 573. The van der Waals surface area contributed by atoms with Gasteiger partial charge in [-0.15, -0.1) is 47.5 Å². The van der Waals surface area contributed by atoms with Crippen LogP contribution in [0, 0.1) is 6.92 Å². The molecule has 0 bridgehead atoms. The number of carbonyl (C=O) groups is 1. The van der Waals surface area contributed by atoms with Gasteiger partial charge in [0, 0.05) is 23.0 Å². The zero-order valence-electron chi connectivity index (χ0n) is 11.7. The monoisotopic (exact) mass is 368 g/mol. The third-order valence-corrected chi connectivity index (χ3v) is 4.55. The SMILES string of the molecule is CCC(NC(=O)c1csc(CN)n1)c1nc(C)cs1.Cl.Cl. The van der Waals surface area contributed by atoms with Crippen molar-refractivity contribution in [2.45, 2.75) is 32.9 Å². The summed E-state index contributed by atoms with van der Waals surface area (Å²) in [6, 6.07) is -0.0609. The van der Waals surface area contributed by atoms with Crippen LogP contribution < -0.4 is 11.1 Å². The third kappa shape index (κ3) is 5.19. The zero-order chi connectivity index (χ0) is 13.8. The molecule has 5 nitrogen and oxygen atoms in total. The lowest BCUT2D eigenvalue weighted by molar-refractivity contribution is 0.0931. The molecule has 0 aliphatic heterocycles. The maximum Gasteiger partial charge on any atom is 0.271 e. The first-order valence-electron chi connectivity index (χ1n) is 6.01. The van der Waals surface area contributed by atoms with Gasteiger partial charge in [-0.2, -0.15) is 0 Å². The number of rotatable bonds is 5. The van der Waals surface area contributed by atoms with Gasteiger partial charge < -0.3 is 11.1 Å². The highest BCUT2D eigenvalue weighted by Crippen LogP contribution is 2.21. The van der Waals surface area contributed by atoms with Crippen molar-refractivity contribution in [3.05, 3.63) is 32.2 Å². The van der Waals surface area contributed by atoms with E-state index < -0.39 is 0 Å². The number of amides is 1. The lowest BCUT2D eigenvalue weighted by atomic mass is 10.2. The van der Waals surface area contributed by atoms with Crippen molar-refractivity contribution < 1.29 is 4.79 Å². The van der Waals surface area contributed by atoms with Crippen LogP contribution in [-0.4, -0.2) is 15.9 Å². The highest BCUT2D eigenvalue weighted by Gasteiger charge is 2.18. The largest absolute Gasteiger partial charge is 0.341 e. The Balaban J connectivity index is 0.00000200. The first-order valence-corrected chi connectivity index (χ1v) is 7.77. The maximum atomic E-state index is 12.1. The van der Waals surface area contributed by atoms with Crippen LogP contribution >= 0.6 is 47.5 Å². The second kappa shape index (κ2) is 9.32. The van der Waals surface area contributed by atoms with Gasteiger partial charge in [-0.05, 0) is 13.3 Å². The number of nitrogens with zero attached hydrogens (tertiary/aromatic N) is 2. The van der Waals surface area contributed by atoms with E-state index in [1.54, 1.807) is 16.7 Å². The van der Waals surface area contributed by atoms with Crippen LogP contribution in [0.3, 0.4) is 0 Å². The Morgan fingerprint density at radius 2 is 2.05 bits per heavy atom. The molecule has 2 heterocycles. The molecule has 0 saturated heterocycles. The van der Waals surface area contributed by atoms with E-state index in [-0.39, 0.29) is 36.8 Å². The second-order valence-corrected chi connectivity index (χ2v) is 5.92. The average Bonchev–Trinajstić information content (AvgIpc) is 3.04. The Morgan fingerprint density at radius 3 is 2.52 bits per heavy atom. The quantitative estimate of drug-likeness (QED) is 0.849. The van der Waals surface area contributed by atoms with Gasteiger partial charge in [0.2, 0.25) is 0 Å². The number of halogens is 2. The summed E-state index contributed by atoms with van der Waals surface area (Å²) in [5.74, 6) is -0.171. The minimum absolute atomic E-state index is 0. The van der Waals surface area contributed by atoms with Crippen LogP contribution in [-0.2, 0) is 6.54 Å². The Morgan fingerprint density at radius 1 is 1.33 bits per heavy atom. The van der Waals surface area contributed by atoms with Gasteiger partial charge >= 0.3 is 0 Å². The third-order valence-electron chi connectivity index (χ3n) is 2.61. The van der Waals surface area contributed by atoms with Crippen LogP contribution in [0.2, 0.25) is 0 Å². The van der Waals surface area contributed by atoms with E-state index in [4.69, 9.17) is 5.73 Å². The van der Waals surface area contributed by atoms with Crippen LogP contribution in [0.15, 0.2) is 10.8 Å². The molecule has 0 aliphatic carbocycles. The summed E-state index contributed by atoms with van der Waals surface area (Å²) in [5, 5.41) is 8.38. The molecule has 0 radical (unpaired) electrons. The molecule has 0 fully saturated rings. The van der Waals surface area contributed by atoms with Gasteiger partial charge in [-0.25, -0.2) is 9.97 Å². The molecule has 1 unspecified atom stereocenters. The maximum absolute atomic E-state index is 12.1. The van der Waals surface area contributed by atoms with E-state index in [1.165, 1.54) is 11.3 Å². The van der Waals surface area contributed by atoms with Gasteiger partial charge in [-0.1, -0.05) is 6.92 Å². The number of carbonyl (C=O) groups excluding carboxylic acids is 1. The van der Waals surface area contributed by atoms with Crippen molar-refractivity contribution in [1.29, 1.82) is 0 Å². The fourth-order valence-electron chi connectivity index (χ4n) is 1.61. The summed E-state index contributed by atoms with van der Waals surface area (Å²) in [6.45, 7) is 4.33. The predicted molar refractivity (Wildman–Crippen MR) is 91.9 cm³/mol. The molecule has 1 amide bonds. The van der Waals surface area contributed by atoms with E-state index in [2.05, 4.69) is 15.3 Å². The molecular formula is C12H18Cl2N4OS2. The molecule has 0 aromatic carbocycles. The molecule has 1 atom stereocenters. The minimum Gasteiger partial charge on any atom is -0.341 e. The molecule has 2 rings (SSSR count). The van der Waals surface area contributed by atoms with Crippen LogP contribution in [0.25, 0.3) is 0 Å². The number of aromatic nitrogens is 2. The van der Waals surface area contributed by atoms with E-state index in [0.29, 0.717) is 12.2 Å². The van der Waals surface area contributed by atoms with E-state index in [0.717, 1.165) is 22.1 Å². The number of aryl methyl sites for hydroxylation is 1. The standard InChI is InChI=1S/C12H16N4OS2.2ClH/c1-3-8(12-14-7(2)5-19-12)16-11(17)9-6-18-10(4-13)15-9;;/h5-6,8H,3-4,13H2,1-2H3,(H,16,17);2*1H. The molecule has 21 heavy (non-hydrogen) atoms. The van der Waals surface area contributed by atoms with Crippen molar-refractivity contribution in [2.75, 3.05) is 0 Å². The Labute approximate surface area is 144 Å². The molecule has 0 spiro atoms. The van der Waals surface area contributed by atoms with E-state index in [1.807, 2.05) is 19.2 Å². The van der Waals surface area contributed by atoms with Crippen molar-refractivity contribution in [3.63, 3.8) is 0 Å². The van der Waals surface area contributed by atoms with Crippen LogP contribution in [0.5, 0.6) is 0 Å². The topological polar surface area (TPSA) is 80.9 Å². The van der Waals surface area contributed by atoms with E-state index in [9.17, 15) is 4.79 Å². The van der Waals surface area contributed by atoms with Gasteiger partial charge in [-0.3, -0.25) is 4.79 Å². The lowest BCUT2D eigenvalue weighted by Crippen LogP contribution is -2.28. The second-order valence-electron chi connectivity index (χ2n) is 4.09. The lowest BCUT2D eigenvalue weighted by Gasteiger charge is -2.13. The van der Waals surface area contributed by atoms with E-state index >= 15 is 0 Å². The number of hydrogen-bond donors (Lipinski definition) is 2. The summed E-state index contributed by atoms with van der Waals surface area (Å²) in [5.41, 5.74) is 6.90. The highest BCUT2D eigenvalue weighted by atomic mass is 35.5. The summed E-state index contributed by atoms with van der Waals surface area (Å²) >= 11 is 2.97. The molecule has 9 heteroatoms. The normalized spacial score (nSPS) is 11.2. The van der Waals surface area contributed by atoms with Crippen molar-refractivity contribution >= 4 is 53.4 Å². The molecule has 3 N–H and O–H groups in total. The van der Waals surface area contributed by atoms with Crippen molar-refractivity contribution in [3.8, 4) is 0 Å². The predicted octanol–water partition coefficient (Wildman–Crippen LogP) is 3.09. The molecular weight excluding hydrogens is 351 g/mol. The van der Waals surface area contributed by atoms with Crippen molar-refractivity contribution in [2.24, 2.45) is 5.73 Å². The number of hydrogen-bond acceptors (Lipinski definition) is 6. The number of thiazole rings is 2. The van der Waals surface area contributed by atoms with Gasteiger partial charge in [0.1, 0.15) is 15.7 Å². The Hall–Kier alpha value is -0.730. The van der Waals surface area contributed by atoms with Crippen LogP contribution in [0.4, 0.5) is 0 Å². The fraction of sp³-hybridized carbons (Fsp3) is 0.417. The zero-order valence-corrected chi connectivity index (χ0v) is 14.9. The minimum atomic E-state index is -0.171. The van der Waals surface area contributed by atoms with Crippen LogP contribution in [0.1, 0.15) is 45.6 Å². The summed E-state index contributed by atoms with van der Waals surface area (Å²) in [7, 11) is 0. The summed E-state index contributed by atoms with van der Waals surface area (Å²) in [6.07, 6.45) is 0.798. The number of nitrogens with two attached hydrogens (primary N) is 1. The molecule has 2 aromatic rings. The molecule has 0 saturated carbocycles. The van der Waals surface area contributed by atoms with Gasteiger partial charge in [0.25, 0.3) is 5.91 Å². The molecule has 0 aliphatic rings. The Kier molecular flexibility index (Phi) is 9.00. The first kappa shape index (κ1) is 20.3. The highest BCUT2D eigenvalue weighted by molar-refractivity contribution is 7.10. The van der Waals surface area contributed by atoms with Gasteiger partial charge in [0.05, 0.1) is 6.04 Å². The first-order chi connectivity index (χ1) is 9.13. The summed E-state index contributed by atoms with van der Waals surface area (Å²) < 4.78 is 0.